The van der Waals surface area contributed by atoms with Crippen LogP contribution in [0.3, 0.4) is 0 Å². The molecule has 116 valence electrons. The lowest BCUT2D eigenvalue weighted by Crippen LogP contribution is -1.91. The predicted octanol–water partition coefficient (Wildman–Crippen LogP) is 4.18. The van der Waals surface area contributed by atoms with Crippen LogP contribution in [0, 0.1) is 6.92 Å². The van der Waals surface area contributed by atoms with Crippen LogP contribution in [0.1, 0.15) is 16.1 Å². The number of fused-ring (bicyclic) bond motifs is 1. The second-order valence-electron chi connectivity index (χ2n) is 5.67. The molecule has 24 heavy (non-hydrogen) atoms. The molecule has 2 aromatic carbocycles. The standard InChI is InChI=1S/C20H15N3O/c1-14-17(15-6-3-2-4-7-15)8-5-9-18(14)19-12-23-11-16(13-24)21-10-20(23)22-19/h2-13H,1H3. The molecule has 4 rings (SSSR count). The monoisotopic (exact) mass is 313 g/mol. The maximum absolute atomic E-state index is 10.9. The number of hydrogen-bond donors (Lipinski definition) is 0. The SMILES string of the molecule is Cc1c(-c2ccccc2)cccc1-c1cn2cc(C=O)ncc2n1. The molecule has 0 aliphatic rings. The van der Waals surface area contributed by atoms with E-state index < -0.39 is 0 Å². The molecule has 2 aromatic heterocycles. The van der Waals surface area contributed by atoms with E-state index in [2.05, 4.69) is 41.2 Å². The van der Waals surface area contributed by atoms with Gasteiger partial charge in [-0.2, -0.15) is 0 Å². The Balaban J connectivity index is 1.86. The lowest BCUT2D eigenvalue weighted by atomic mass is 9.95. The predicted molar refractivity (Wildman–Crippen MR) is 94.0 cm³/mol. The van der Waals surface area contributed by atoms with Gasteiger partial charge >= 0.3 is 0 Å². The van der Waals surface area contributed by atoms with Crippen LogP contribution in [0.25, 0.3) is 28.0 Å². The number of nitrogens with zero attached hydrogens (tertiary/aromatic N) is 3. The molecule has 0 spiro atoms. The van der Waals surface area contributed by atoms with Crippen molar-refractivity contribution in [1.82, 2.24) is 14.4 Å². The molecule has 0 saturated heterocycles. The molecule has 0 bridgehead atoms. The molecule has 0 aliphatic heterocycles. The van der Waals surface area contributed by atoms with Gasteiger partial charge in [0.05, 0.1) is 11.9 Å². The number of carbonyl (C=O) groups is 1. The van der Waals surface area contributed by atoms with Crippen molar-refractivity contribution in [3.63, 3.8) is 0 Å². The maximum atomic E-state index is 10.9. The van der Waals surface area contributed by atoms with Gasteiger partial charge < -0.3 is 4.40 Å². The molecule has 0 aliphatic carbocycles. The Morgan fingerprint density at radius 2 is 1.75 bits per heavy atom. The summed E-state index contributed by atoms with van der Waals surface area (Å²) in [7, 11) is 0. The molecular formula is C20H15N3O. The highest BCUT2D eigenvalue weighted by atomic mass is 16.1. The number of rotatable bonds is 3. The highest BCUT2D eigenvalue weighted by Crippen LogP contribution is 2.31. The van der Waals surface area contributed by atoms with Gasteiger partial charge in [-0.15, -0.1) is 0 Å². The van der Waals surface area contributed by atoms with Gasteiger partial charge in [0.2, 0.25) is 0 Å². The maximum Gasteiger partial charge on any atom is 0.169 e. The summed E-state index contributed by atoms with van der Waals surface area (Å²) in [6, 6.07) is 16.5. The van der Waals surface area contributed by atoms with Crippen molar-refractivity contribution in [2.24, 2.45) is 0 Å². The van der Waals surface area contributed by atoms with E-state index in [9.17, 15) is 4.79 Å². The van der Waals surface area contributed by atoms with Gasteiger partial charge in [0, 0.05) is 18.0 Å². The Morgan fingerprint density at radius 1 is 0.958 bits per heavy atom. The van der Waals surface area contributed by atoms with Crippen molar-refractivity contribution in [3.8, 4) is 22.4 Å². The van der Waals surface area contributed by atoms with E-state index in [-0.39, 0.29) is 0 Å². The van der Waals surface area contributed by atoms with E-state index in [1.807, 2.05) is 34.9 Å². The molecule has 4 nitrogen and oxygen atoms in total. The Labute approximate surface area is 139 Å². The third-order valence-corrected chi connectivity index (χ3v) is 4.18. The van der Waals surface area contributed by atoms with Crippen molar-refractivity contribution in [3.05, 3.63) is 78.4 Å². The lowest BCUT2D eigenvalue weighted by Gasteiger charge is -2.10. The van der Waals surface area contributed by atoms with Crippen LogP contribution in [0.4, 0.5) is 0 Å². The van der Waals surface area contributed by atoms with Gasteiger partial charge in [0.15, 0.2) is 11.9 Å². The van der Waals surface area contributed by atoms with Crippen LogP contribution < -0.4 is 0 Å². The number of aromatic nitrogens is 3. The molecule has 4 heteroatoms. The van der Waals surface area contributed by atoms with E-state index in [1.165, 1.54) is 16.7 Å². The van der Waals surface area contributed by atoms with E-state index >= 15 is 0 Å². The Kier molecular flexibility index (Phi) is 3.43. The molecule has 0 atom stereocenters. The fourth-order valence-corrected chi connectivity index (χ4v) is 2.95. The quantitative estimate of drug-likeness (QED) is 0.533. The van der Waals surface area contributed by atoms with Crippen LogP contribution in [0.15, 0.2) is 67.1 Å². The summed E-state index contributed by atoms with van der Waals surface area (Å²) >= 11 is 0. The zero-order valence-corrected chi connectivity index (χ0v) is 13.2. The molecule has 0 unspecified atom stereocenters. The molecule has 4 aromatic rings. The van der Waals surface area contributed by atoms with Gasteiger partial charge in [-0.05, 0) is 23.6 Å². The molecule has 0 saturated carbocycles. The average molecular weight is 313 g/mol. The van der Waals surface area contributed by atoms with Crippen LogP contribution in [0.5, 0.6) is 0 Å². The lowest BCUT2D eigenvalue weighted by molar-refractivity contribution is 0.111. The molecule has 2 heterocycles. The second-order valence-corrected chi connectivity index (χ2v) is 5.67. The summed E-state index contributed by atoms with van der Waals surface area (Å²) in [5, 5.41) is 0. The first-order chi connectivity index (χ1) is 11.8. The number of imidazole rings is 1. The zero-order valence-electron chi connectivity index (χ0n) is 13.2. The van der Waals surface area contributed by atoms with Gasteiger partial charge in [0.25, 0.3) is 0 Å². The highest BCUT2D eigenvalue weighted by Gasteiger charge is 2.11. The van der Waals surface area contributed by atoms with Gasteiger partial charge in [0.1, 0.15) is 5.69 Å². The average Bonchev–Trinajstić information content (AvgIpc) is 3.05. The number of hydrogen-bond acceptors (Lipinski definition) is 3. The molecule has 0 fully saturated rings. The Morgan fingerprint density at radius 3 is 2.54 bits per heavy atom. The third kappa shape index (κ3) is 2.38. The van der Waals surface area contributed by atoms with Gasteiger partial charge in [-0.1, -0.05) is 48.5 Å². The van der Waals surface area contributed by atoms with E-state index in [1.54, 1.807) is 12.4 Å². The molecular weight excluding hydrogens is 298 g/mol. The summed E-state index contributed by atoms with van der Waals surface area (Å²) in [4.78, 5) is 19.6. The minimum atomic E-state index is 0.390. The van der Waals surface area contributed by atoms with E-state index in [0.29, 0.717) is 5.69 Å². The Hall–Kier alpha value is -3.27. The first kappa shape index (κ1) is 14.3. The van der Waals surface area contributed by atoms with Crippen LogP contribution in [-0.4, -0.2) is 20.7 Å². The molecule has 0 N–H and O–H groups in total. The van der Waals surface area contributed by atoms with Crippen molar-refractivity contribution < 1.29 is 4.79 Å². The third-order valence-electron chi connectivity index (χ3n) is 4.18. The number of carbonyl (C=O) groups excluding carboxylic acids is 1. The highest BCUT2D eigenvalue weighted by molar-refractivity contribution is 5.77. The Bertz CT molecular complexity index is 1040. The molecule has 0 radical (unpaired) electrons. The van der Waals surface area contributed by atoms with Crippen molar-refractivity contribution in [2.75, 3.05) is 0 Å². The van der Waals surface area contributed by atoms with Crippen molar-refractivity contribution in [2.45, 2.75) is 6.92 Å². The summed E-state index contributed by atoms with van der Waals surface area (Å²) < 4.78 is 1.83. The van der Waals surface area contributed by atoms with E-state index in [0.717, 1.165) is 23.2 Å². The van der Waals surface area contributed by atoms with Crippen molar-refractivity contribution in [1.29, 1.82) is 0 Å². The summed E-state index contributed by atoms with van der Waals surface area (Å²) in [6.45, 7) is 2.11. The van der Waals surface area contributed by atoms with Crippen LogP contribution in [-0.2, 0) is 0 Å². The summed E-state index contributed by atoms with van der Waals surface area (Å²) in [5.41, 5.74) is 6.61. The number of aldehydes is 1. The van der Waals surface area contributed by atoms with Gasteiger partial charge in [-0.3, -0.25) is 4.79 Å². The minimum Gasteiger partial charge on any atom is -0.303 e. The largest absolute Gasteiger partial charge is 0.303 e. The first-order valence-corrected chi connectivity index (χ1v) is 7.71. The fourth-order valence-electron chi connectivity index (χ4n) is 2.95. The molecule has 0 amide bonds. The normalized spacial score (nSPS) is 10.9. The minimum absolute atomic E-state index is 0.390. The van der Waals surface area contributed by atoms with Gasteiger partial charge in [-0.25, -0.2) is 9.97 Å². The first-order valence-electron chi connectivity index (χ1n) is 7.71. The van der Waals surface area contributed by atoms with Crippen LogP contribution in [0.2, 0.25) is 0 Å². The van der Waals surface area contributed by atoms with Crippen molar-refractivity contribution >= 4 is 11.9 Å². The summed E-state index contributed by atoms with van der Waals surface area (Å²) in [6.07, 6.45) is 5.97. The topological polar surface area (TPSA) is 47.3 Å². The fraction of sp³-hybridized carbons (Fsp3) is 0.0500. The smallest absolute Gasteiger partial charge is 0.169 e. The second kappa shape index (κ2) is 5.74. The van der Waals surface area contributed by atoms with Crippen LogP contribution >= 0.6 is 0 Å². The zero-order chi connectivity index (χ0) is 16.5. The number of benzene rings is 2. The summed E-state index contributed by atoms with van der Waals surface area (Å²) in [5.74, 6) is 0. The van der Waals surface area contributed by atoms with E-state index in [4.69, 9.17) is 0 Å².